The van der Waals surface area contributed by atoms with Crippen LogP contribution in [0.2, 0.25) is 0 Å². The van der Waals surface area contributed by atoms with Crippen molar-refractivity contribution in [2.24, 2.45) is 0 Å². The van der Waals surface area contributed by atoms with Gasteiger partial charge in [0.05, 0.1) is 12.7 Å². The minimum absolute atomic E-state index is 0.0841. The third-order valence-corrected chi connectivity index (χ3v) is 4.77. The number of rotatable bonds is 6. The number of methoxy groups -OCH3 is 1. The molecule has 1 fully saturated rings. The van der Waals surface area contributed by atoms with E-state index in [2.05, 4.69) is 15.6 Å². The number of carbonyl (C=O) groups excluding carboxylic acids is 1. The van der Waals surface area contributed by atoms with E-state index in [1.165, 1.54) is 6.20 Å². The van der Waals surface area contributed by atoms with Crippen LogP contribution in [0.4, 0.5) is 4.79 Å². The highest BCUT2D eigenvalue weighted by Crippen LogP contribution is 2.23. The lowest BCUT2D eigenvalue weighted by Gasteiger charge is -2.29. The highest BCUT2D eigenvalue weighted by molar-refractivity contribution is 5.74. The molecule has 0 aliphatic heterocycles. The Morgan fingerprint density at radius 3 is 2.54 bits per heavy atom. The van der Waals surface area contributed by atoms with E-state index < -0.39 is 0 Å². The molecule has 1 aliphatic rings. The van der Waals surface area contributed by atoms with Crippen molar-refractivity contribution in [2.45, 2.75) is 44.4 Å². The number of nitrogens with one attached hydrogen (secondary N) is 2. The zero-order chi connectivity index (χ0) is 19.8. The first-order chi connectivity index (χ1) is 13.7. The first-order valence-electron chi connectivity index (χ1n) is 9.36. The van der Waals surface area contributed by atoms with E-state index in [0.29, 0.717) is 18.0 Å². The molecule has 1 aromatic heterocycles. The first kappa shape index (κ1) is 19.5. The fraction of sp³-hybridized carbons (Fsp3) is 0.381. The van der Waals surface area contributed by atoms with Crippen LogP contribution in [0.1, 0.15) is 36.8 Å². The van der Waals surface area contributed by atoms with Crippen LogP contribution in [0.25, 0.3) is 0 Å². The van der Waals surface area contributed by atoms with Crippen molar-refractivity contribution in [3.8, 4) is 17.7 Å². The van der Waals surface area contributed by atoms with E-state index in [4.69, 9.17) is 14.7 Å². The van der Waals surface area contributed by atoms with Gasteiger partial charge in [-0.2, -0.15) is 5.26 Å². The van der Waals surface area contributed by atoms with Gasteiger partial charge in [0.1, 0.15) is 17.9 Å². The summed E-state index contributed by atoms with van der Waals surface area (Å²) in [5.74, 6) is 1.33. The number of amides is 2. The second kappa shape index (κ2) is 9.60. The van der Waals surface area contributed by atoms with Crippen molar-refractivity contribution in [1.82, 2.24) is 15.6 Å². The van der Waals surface area contributed by atoms with Crippen LogP contribution < -0.4 is 20.1 Å². The van der Waals surface area contributed by atoms with Crippen LogP contribution >= 0.6 is 0 Å². The minimum Gasteiger partial charge on any atom is -0.497 e. The molecule has 0 bridgehead atoms. The molecule has 1 saturated carbocycles. The standard InChI is InChI=1S/C21H24N4O3/c1-27-18-7-2-15(3-8-18)13-24-21(26)25-17-5-9-19(10-6-17)28-20-11-4-16(12-22)14-23-20/h2-4,7-8,11,14,17,19H,5-6,9-10,13H2,1H3,(H2,24,25,26). The Labute approximate surface area is 164 Å². The van der Waals surface area contributed by atoms with Crippen molar-refractivity contribution < 1.29 is 14.3 Å². The topological polar surface area (TPSA) is 96.3 Å². The Kier molecular flexibility index (Phi) is 6.68. The van der Waals surface area contributed by atoms with Crippen LogP contribution in [-0.4, -0.2) is 30.3 Å². The summed E-state index contributed by atoms with van der Waals surface area (Å²) in [6.45, 7) is 0.471. The third kappa shape index (κ3) is 5.61. The summed E-state index contributed by atoms with van der Waals surface area (Å²) >= 11 is 0. The van der Waals surface area contributed by atoms with Crippen LogP contribution in [0, 0.1) is 11.3 Å². The van der Waals surface area contributed by atoms with Gasteiger partial charge in [0.25, 0.3) is 0 Å². The quantitative estimate of drug-likeness (QED) is 0.802. The van der Waals surface area contributed by atoms with E-state index in [0.717, 1.165) is 37.0 Å². The Bertz CT molecular complexity index is 807. The van der Waals surface area contributed by atoms with Gasteiger partial charge in [-0.3, -0.25) is 0 Å². The van der Waals surface area contributed by atoms with Gasteiger partial charge in [-0.25, -0.2) is 9.78 Å². The summed E-state index contributed by atoms with van der Waals surface area (Å²) in [6.07, 6.45) is 5.01. The highest BCUT2D eigenvalue weighted by atomic mass is 16.5. The van der Waals surface area contributed by atoms with Gasteiger partial charge >= 0.3 is 6.03 Å². The normalized spacial score (nSPS) is 18.6. The predicted octanol–water partition coefficient (Wildman–Crippen LogP) is 3.15. The zero-order valence-electron chi connectivity index (χ0n) is 15.9. The van der Waals surface area contributed by atoms with Crippen molar-refractivity contribution >= 4 is 6.03 Å². The summed E-state index contributed by atoms with van der Waals surface area (Å²) in [5, 5.41) is 14.7. The highest BCUT2D eigenvalue weighted by Gasteiger charge is 2.23. The molecule has 1 heterocycles. The molecule has 7 heteroatoms. The number of ether oxygens (including phenoxy) is 2. The summed E-state index contributed by atoms with van der Waals surface area (Å²) < 4.78 is 11.0. The zero-order valence-corrected chi connectivity index (χ0v) is 15.9. The van der Waals surface area contributed by atoms with Gasteiger partial charge in [-0.1, -0.05) is 12.1 Å². The predicted molar refractivity (Wildman–Crippen MR) is 104 cm³/mol. The van der Waals surface area contributed by atoms with Gasteiger partial charge in [-0.15, -0.1) is 0 Å². The van der Waals surface area contributed by atoms with Crippen molar-refractivity contribution in [3.63, 3.8) is 0 Å². The summed E-state index contributed by atoms with van der Waals surface area (Å²) in [4.78, 5) is 16.3. The number of urea groups is 1. The van der Waals surface area contributed by atoms with Crippen LogP contribution in [0.5, 0.6) is 11.6 Å². The van der Waals surface area contributed by atoms with Crippen LogP contribution in [-0.2, 0) is 6.54 Å². The molecule has 0 saturated heterocycles. The average Bonchev–Trinajstić information content (AvgIpc) is 2.74. The van der Waals surface area contributed by atoms with Gasteiger partial charge in [0.15, 0.2) is 0 Å². The van der Waals surface area contributed by atoms with Crippen LogP contribution in [0.3, 0.4) is 0 Å². The Balaban J connectivity index is 1.37. The Morgan fingerprint density at radius 1 is 1.18 bits per heavy atom. The maximum atomic E-state index is 12.1. The summed E-state index contributed by atoms with van der Waals surface area (Å²) in [6, 6.07) is 13.0. The van der Waals surface area contributed by atoms with Crippen LogP contribution in [0.15, 0.2) is 42.6 Å². The number of hydrogen-bond donors (Lipinski definition) is 2. The second-order valence-corrected chi connectivity index (χ2v) is 6.76. The van der Waals surface area contributed by atoms with Gasteiger partial charge < -0.3 is 20.1 Å². The van der Waals surface area contributed by atoms with Crippen molar-refractivity contribution in [2.75, 3.05) is 7.11 Å². The lowest BCUT2D eigenvalue weighted by atomic mass is 9.93. The van der Waals surface area contributed by atoms with Gasteiger partial charge in [0.2, 0.25) is 5.88 Å². The third-order valence-electron chi connectivity index (χ3n) is 4.77. The summed E-state index contributed by atoms with van der Waals surface area (Å²) in [7, 11) is 1.63. The lowest BCUT2D eigenvalue weighted by Crippen LogP contribution is -2.44. The largest absolute Gasteiger partial charge is 0.497 e. The molecule has 28 heavy (non-hydrogen) atoms. The molecule has 0 radical (unpaired) electrons. The second-order valence-electron chi connectivity index (χ2n) is 6.76. The molecule has 2 amide bonds. The molecule has 0 spiro atoms. The first-order valence-corrected chi connectivity index (χ1v) is 9.36. The number of pyridine rings is 1. The Hall–Kier alpha value is -3.27. The molecule has 2 aromatic rings. The molecular weight excluding hydrogens is 356 g/mol. The minimum atomic E-state index is -0.158. The number of benzene rings is 1. The maximum Gasteiger partial charge on any atom is 0.315 e. The average molecular weight is 380 g/mol. The molecule has 3 rings (SSSR count). The smallest absolute Gasteiger partial charge is 0.315 e. The van der Waals surface area contributed by atoms with Gasteiger partial charge in [-0.05, 0) is 49.4 Å². The molecule has 7 nitrogen and oxygen atoms in total. The number of aromatic nitrogens is 1. The van der Waals surface area contributed by atoms with Gasteiger partial charge in [0, 0.05) is 24.8 Å². The van der Waals surface area contributed by atoms with Crippen molar-refractivity contribution in [3.05, 3.63) is 53.7 Å². The van der Waals surface area contributed by atoms with E-state index >= 15 is 0 Å². The van der Waals surface area contributed by atoms with E-state index in [1.54, 1.807) is 19.2 Å². The number of carbonyl (C=O) groups is 1. The van der Waals surface area contributed by atoms with E-state index in [1.807, 2.05) is 30.3 Å². The Morgan fingerprint density at radius 2 is 1.93 bits per heavy atom. The van der Waals surface area contributed by atoms with E-state index in [-0.39, 0.29) is 18.2 Å². The number of nitriles is 1. The van der Waals surface area contributed by atoms with Crippen molar-refractivity contribution in [1.29, 1.82) is 5.26 Å². The maximum absolute atomic E-state index is 12.1. The molecule has 0 atom stereocenters. The molecule has 1 aromatic carbocycles. The summed E-state index contributed by atoms with van der Waals surface area (Å²) in [5.41, 5.74) is 1.53. The van der Waals surface area contributed by atoms with E-state index in [9.17, 15) is 4.79 Å². The molecular formula is C21H24N4O3. The fourth-order valence-electron chi connectivity index (χ4n) is 3.17. The number of nitrogens with zero attached hydrogens (tertiary/aromatic N) is 2. The molecule has 146 valence electrons. The monoisotopic (exact) mass is 380 g/mol. The molecule has 1 aliphatic carbocycles. The lowest BCUT2D eigenvalue weighted by molar-refractivity contribution is 0.135. The number of hydrogen-bond acceptors (Lipinski definition) is 5. The SMILES string of the molecule is COc1ccc(CNC(=O)NC2CCC(Oc3ccc(C#N)cn3)CC2)cc1. The molecule has 2 N–H and O–H groups in total. The molecule has 0 unspecified atom stereocenters. The fourth-order valence-corrected chi connectivity index (χ4v) is 3.17.